The average molecular weight is 530 g/mol. The molecule has 2 fully saturated rings. The highest BCUT2D eigenvalue weighted by Crippen LogP contribution is 2.48. The van der Waals surface area contributed by atoms with E-state index in [0.717, 1.165) is 56.6 Å². The standard InChI is InChI=1S/C23H35FN4O.HI/c1-4-25-22(26-15-23(11-12-23)18-8-6-9-19(24)14-18)28-20-10-5-7-17(13-20)21(29)27-16(2)3;/h6,8-9,14,16-17,20H,4-5,7,10-13,15H2,1-3H3,(H,27,29)(H2,25,26,28);1H. The van der Waals surface area contributed by atoms with Gasteiger partial charge < -0.3 is 16.0 Å². The van der Waals surface area contributed by atoms with Gasteiger partial charge in [0, 0.05) is 30.0 Å². The summed E-state index contributed by atoms with van der Waals surface area (Å²) in [4.78, 5) is 17.2. The fourth-order valence-electron chi connectivity index (χ4n) is 4.21. The van der Waals surface area contributed by atoms with Gasteiger partial charge in [-0.2, -0.15) is 0 Å². The molecule has 0 aromatic heterocycles. The summed E-state index contributed by atoms with van der Waals surface area (Å²) in [7, 11) is 0. The number of halogens is 2. The first-order valence-corrected chi connectivity index (χ1v) is 11.0. The average Bonchev–Trinajstić information content (AvgIpc) is 3.47. The van der Waals surface area contributed by atoms with Gasteiger partial charge in [0.1, 0.15) is 5.82 Å². The van der Waals surface area contributed by atoms with Crippen LogP contribution in [0.2, 0.25) is 0 Å². The van der Waals surface area contributed by atoms with Crippen molar-refractivity contribution >= 4 is 35.8 Å². The summed E-state index contributed by atoms with van der Waals surface area (Å²) in [6.45, 7) is 7.48. The van der Waals surface area contributed by atoms with Crippen LogP contribution in [0.5, 0.6) is 0 Å². The predicted octanol–water partition coefficient (Wildman–Crippen LogP) is 4.11. The molecule has 0 saturated heterocycles. The summed E-state index contributed by atoms with van der Waals surface area (Å²) in [6.07, 6.45) is 5.96. The number of amides is 1. The minimum atomic E-state index is -0.185. The third kappa shape index (κ3) is 6.82. The van der Waals surface area contributed by atoms with Crippen LogP contribution in [0.4, 0.5) is 4.39 Å². The van der Waals surface area contributed by atoms with E-state index in [9.17, 15) is 9.18 Å². The Labute approximate surface area is 197 Å². The van der Waals surface area contributed by atoms with Crippen LogP contribution in [0.3, 0.4) is 0 Å². The zero-order valence-corrected chi connectivity index (χ0v) is 20.7. The van der Waals surface area contributed by atoms with Crippen molar-refractivity contribution in [3.8, 4) is 0 Å². The Balaban J connectivity index is 0.00000320. The molecule has 5 nitrogen and oxygen atoms in total. The number of benzene rings is 1. The minimum absolute atomic E-state index is 0. The van der Waals surface area contributed by atoms with Crippen molar-refractivity contribution in [3.05, 3.63) is 35.6 Å². The van der Waals surface area contributed by atoms with E-state index in [-0.39, 0.29) is 59.1 Å². The largest absolute Gasteiger partial charge is 0.357 e. The lowest BCUT2D eigenvalue weighted by atomic mass is 9.85. The highest BCUT2D eigenvalue weighted by Gasteiger charge is 2.44. The van der Waals surface area contributed by atoms with Crippen LogP contribution >= 0.6 is 24.0 Å². The maximum absolute atomic E-state index is 13.6. The molecular weight excluding hydrogens is 494 g/mol. The Kier molecular flexibility index (Phi) is 9.37. The molecule has 1 aromatic carbocycles. The van der Waals surface area contributed by atoms with Crippen molar-refractivity contribution in [3.63, 3.8) is 0 Å². The number of nitrogens with zero attached hydrogens (tertiary/aromatic N) is 1. The van der Waals surface area contributed by atoms with Crippen LogP contribution in [0.15, 0.2) is 29.3 Å². The second-order valence-corrected chi connectivity index (χ2v) is 8.85. The first-order chi connectivity index (χ1) is 13.9. The monoisotopic (exact) mass is 530 g/mol. The first-order valence-electron chi connectivity index (χ1n) is 11.0. The van der Waals surface area contributed by atoms with E-state index in [0.29, 0.717) is 6.54 Å². The fraction of sp³-hybridized carbons (Fsp3) is 0.652. The quantitative estimate of drug-likeness (QED) is 0.283. The van der Waals surface area contributed by atoms with E-state index in [1.54, 1.807) is 12.1 Å². The third-order valence-electron chi connectivity index (χ3n) is 5.99. The van der Waals surface area contributed by atoms with Gasteiger partial charge in [-0.05, 0) is 70.6 Å². The van der Waals surface area contributed by atoms with Crippen molar-refractivity contribution in [1.82, 2.24) is 16.0 Å². The molecule has 0 spiro atoms. The lowest BCUT2D eigenvalue weighted by Crippen LogP contribution is -2.47. The Morgan fingerprint density at radius 3 is 2.70 bits per heavy atom. The van der Waals surface area contributed by atoms with E-state index < -0.39 is 0 Å². The van der Waals surface area contributed by atoms with E-state index in [1.807, 2.05) is 19.9 Å². The maximum atomic E-state index is 13.6. The Hall–Kier alpha value is -1.38. The van der Waals surface area contributed by atoms with Gasteiger partial charge in [-0.1, -0.05) is 18.6 Å². The minimum Gasteiger partial charge on any atom is -0.357 e. The normalized spacial score (nSPS) is 22.8. The predicted molar refractivity (Wildman–Crippen MR) is 131 cm³/mol. The molecule has 0 aliphatic heterocycles. The van der Waals surface area contributed by atoms with Crippen LogP contribution in [0, 0.1) is 11.7 Å². The van der Waals surface area contributed by atoms with Crippen LogP contribution < -0.4 is 16.0 Å². The molecule has 0 bridgehead atoms. The molecular formula is C23H36FIN4O. The fourth-order valence-corrected chi connectivity index (χ4v) is 4.21. The van der Waals surface area contributed by atoms with Crippen LogP contribution in [-0.2, 0) is 10.2 Å². The number of nitrogens with one attached hydrogen (secondary N) is 3. The Morgan fingerprint density at radius 1 is 1.30 bits per heavy atom. The molecule has 7 heteroatoms. The molecule has 3 N–H and O–H groups in total. The summed E-state index contributed by atoms with van der Waals surface area (Å²) in [6, 6.07) is 7.33. The van der Waals surface area contributed by atoms with Crippen molar-refractivity contribution in [1.29, 1.82) is 0 Å². The molecule has 30 heavy (non-hydrogen) atoms. The zero-order valence-electron chi connectivity index (χ0n) is 18.3. The highest BCUT2D eigenvalue weighted by atomic mass is 127. The van der Waals surface area contributed by atoms with E-state index in [4.69, 9.17) is 4.99 Å². The second-order valence-electron chi connectivity index (χ2n) is 8.85. The number of aliphatic imine (C=N–C) groups is 1. The van der Waals surface area contributed by atoms with Crippen LogP contribution in [0.1, 0.15) is 64.9 Å². The Morgan fingerprint density at radius 2 is 2.07 bits per heavy atom. The van der Waals surface area contributed by atoms with Crippen LogP contribution in [0.25, 0.3) is 0 Å². The lowest BCUT2D eigenvalue weighted by Gasteiger charge is -2.30. The van der Waals surface area contributed by atoms with Gasteiger partial charge in [-0.25, -0.2) is 4.39 Å². The Bertz CT molecular complexity index is 736. The molecule has 1 aromatic rings. The number of rotatable bonds is 7. The van der Waals surface area contributed by atoms with Gasteiger partial charge >= 0.3 is 0 Å². The van der Waals surface area contributed by atoms with Crippen molar-refractivity contribution in [2.24, 2.45) is 10.9 Å². The highest BCUT2D eigenvalue weighted by molar-refractivity contribution is 14.0. The summed E-state index contributed by atoms with van der Waals surface area (Å²) < 4.78 is 13.6. The van der Waals surface area contributed by atoms with Crippen LogP contribution in [-0.4, -0.2) is 37.0 Å². The van der Waals surface area contributed by atoms with Gasteiger partial charge in [0.05, 0.1) is 6.54 Å². The van der Waals surface area contributed by atoms with Gasteiger partial charge in [-0.3, -0.25) is 9.79 Å². The number of hydrogen-bond donors (Lipinski definition) is 3. The SMILES string of the molecule is CCNC(=NCC1(c2cccc(F)c2)CC1)NC1CCCC(C(=O)NC(C)C)C1.I. The maximum Gasteiger partial charge on any atom is 0.223 e. The lowest BCUT2D eigenvalue weighted by molar-refractivity contribution is -0.126. The molecule has 2 atom stereocenters. The van der Waals surface area contributed by atoms with Crippen molar-refractivity contribution in [2.75, 3.05) is 13.1 Å². The first kappa shape index (κ1) is 24.9. The number of guanidine groups is 1. The summed E-state index contributed by atoms with van der Waals surface area (Å²) in [5.41, 5.74) is 1.01. The molecule has 1 amide bonds. The van der Waals surface area contributed by atoms with Gasteiger partial charge in [0.25, 0.3) is 0 Å². The molecule has 2 saturated carbocycles. The number of carbonyl (C=O) groups excluding carboxylic acids is 1. The molecule has 2 aliphatic carbocycles. The molecule has 2 unspecified atom stereocenters. The van der Waals surface area contributed by atoms with Gasteiger partial charge in [0.15, 0.2) is 5.96 Å². The van der Waals surface area contributed by atoms with Gasteiger partial charge in [0.2, 0.25) is 5.91 Å². The van der Waals surface area contributed by atoms with Crippen molar-refractivity contribution < 1.29 is 9.18 Å². The summed E-state index contributed by atoms with van der Waals surface area (Å²) in [5, 5.41) is 9.92. The topological polar surface area (TPSA) is 65.5 Å². The summed E-state index contributed by atoms with van der Waals surface area (Å²) >= 11 is 0. The van der Waals surface area contributed by atoms with E-state index in [1.165, 1.54) is 6.07 Å². The molecule has 3 rings (SSSR count). The number of hydrogen-bond acceptors (Lipinski definition) is 2. The molecule has 2 aliphatic rings. The summed E-state index contributed by atoms with van der Waals surface area (Å²) in [5.74, 6) is 0.839. The smallest absolute Gasteiger partial charge is 0.223 e. The molecule has 0 radical (unpaired) electrons. The molecule has 168 valence electrons. The zero-order chi connectivity index (χ0) is 20.9. The third-order valence-corrected chi connectivity index (χ3v) is 5.99. The second kappa shape index (κ2) is 11.3. The van der Waals surface area contributed by atoms with E-state index >= 15 is 0 Å². The van der Waals surface area contributed by atoms with E-state index in [2.05, 4.69) is 22.9 Å². The molecule has 0 heterocycles. The van der Waals surface area contributed by atoms with Gasteiger partial charge in [-0.15, -0.1) is 24.0 Å². The van der Waals surface area contributed by atoms with Crippen molar-refractivity contribution in [2.45, 2.75) is 76.8 Å². The number of carbonyl (C=O) groups is 1.